The molecular formula is C7H9N11O4. The highest BCUT2D eigenvalue weighted by molar-refractivity contribution is 5.25. The van der Waals surface area contributed by atoms with E-state index in [0.29, 0.717) is 17.6 Å². The van der Waals surface area contributed by atoms with E-state index in [-0.39, 0.29) is 11.5 Å². The fourth-order valence-corrected chi connectivity index (χ4v) is 1.26. The van der Waals surface area contributed by atoms with Gasteiger partial charge in [0.2, 0.25) is 6.33 Å². The third kappa shape index (κ3) is 4.20. The average molecular weight is 311 g/mol. The van der Waals surface area contributed by atoms with Crippen LogP contribution in [-0.2, 0) is 6.42 Å². The van der Waals surface area contributed by atoms with Crippen molar-refractivity contribution in [2.24, 2.45) is 5.22 Å². The van der Waals surface area contributed by atoms with E-state index in [9.17, 15) is 20.2 Å². The van der Waals surface area contributed by atoms with Crippen LogP contribution in [0.5, 0.6) is 0 Å². The second-order valence-electron chi connectivity index (χ2n) is 3.49. The van der Waals surface area contributed by atoms with Gasteiger partial charge in [0.15, 0.2) is 5.69 Å². The fraction of sp³-hybridized carbons (Fsp3) is 0.429. The van der Waals surface area contributed by atoms with Gasteiger partial charge >= 0.3 is 11.8 Å². The highest BCUT2D eigenvalue weighted by Crippen LogP contribution is 2.16. The molecule has 0 aliphatic carbocycles. The summed E-state index contributed by atoms with van der Waals surface area (Å²) in [5, 5.41) is 35.6. The van der Waals surface area contributed by atoms with Crippen LogP contribution < -0.4 is 0 Å². The Balaban J connectivity index is 0.000000255. The molecule has 2 rings (SSSR count). The van der Waals surface area contributed by atoms with Gasteiger partial charge in [-0.25, -0.2) is 0 Å². The van der Waals surface area contributed by atoms with Gasteiger partial charge in [0.1, 0.15) is 0 Å². The Kier molecular flexibility index (Phi) is 5.87. The average Bonchev–Trinajstić information content (AvgIpc) is 3.10. The number of aromatic nitrogens is 6. The highest BCUT2D eigenvalue weighted by atomic mass is 16.6. The maximum atomic E-state index is 10.6. The number of nitro groups is 2. The molecule has 2 aromatic heterocycles. The van der Waals surface area contributed by atoms with E-state index in [1.54, 1.807) is 0 Å². The number of hydrogen-bond acceptors (Lipinski definition) is 9. The monoisotopic (exact) mass is 311 g/mol. The lowest BCUT2D eigenvalue weighted by Crippen LogP contribution is -1.99. The molecule has 15 heteroatoms. The molecule has 22 heavy (non-hydrogen) atoms. The summed E-state index contributed by atoms with van der Waals surface area (Å²) in [4.78, 5) is 25.2. The first-order valence-electron chi connectivity index (χ1n) is 5.65. The van der Waals surface area contributed by atoms with Gasteiger partial charge < -0.3 is 20.2 Å². The van der Waals surface area contributed by atoms with Crippen LogP contribution in [0.15, 0.2) is 11.6 Å². The second-order valence-corrected chi connectivity index (χ2v) is 3.49. The van der Waals surface area contributed by atoms with E-state index in [1.165, 1.54) is 0 Å². The molecule has 1 N–H and O–H groups in total. The summed E-state index contributed by atoms with van der Waals surface area (Å²) in [5.74, 6) is -0.769. The number of H-pyrrole nitrogens is 1. The van der Waals surface area contributed by atoms with Crippen LogP contribution in [0.3, 0.4) is 0 Å². The third-order valence-electron chi connectivity index (χ3n) is 2.05. The molecule has 116 valence electrons. The van der Waals surface area contributed by atoms with Gasteiger partial charge in [0.25, 0.3) is 0 Å². The van der Waals surface area contributed by atoms with Crippen LogP contribution >= 0.6 is 0 Å². The zero-order valence-corrected chi connectivity index (χ0v) is 11.1. The number of aromatic amines is 1. The molecular weight excluding hydrogens is 302 g/mol. The molecule has 0 spiro atoms. The van der Waals surface area contributed by atoms with Crippen LogP contribution in [0.2, 0.25) is 0 Å². The minimum absolute atomic E-state index is 0.227. The summed E-state index contributed by atoms with van der Waals surface area (Å²) < 4.78 is 0. The summed E-state index contributed by atoms with van der Waals surface area (Å²) in [6.45, 7) is 1.86. The lowest BCUT2D eigenvalue weighted by atomic mass is 10.2. The molecule has 0 aromatic carbocycles. The topological polar surface area (TPSA) is 207 Å². The molecule has 0 radical (unpaired) electrons. The van der Waals surface area contributed by atoms with E-state index in [2.05, 4.69) is 35.6 Å². The fourth-order valence-electron chi connectivity index (χ4n) is 1.26. The SMILES string of the molecule is CCCc1nnn(N=[N+]=[N-])c1[N+](=O)[O-].O=[N+]([O-])c1nc[nH]n1. The molecule has 0 amide bonds. The Morgan fingerprint density at radius 1 is 1.45 bits per heavy atom. The van der Waals surface area contributed by atoms with Crippen molar-refractivity contribution >= 4 is 11.8 Å². The molecule has 0 saturated heterocycles. The van der Waals surface area contributed by atoms with Gasteiger partial charge in [-0.3, -0.25) is 0 Å². The Hall–Kier alpha value is -3.61. The molecule has 0 unspecified atom stereocenters. The summed E-state index contributed by atoms with van der Waals surface area (Å²) >= 11 is 0. The van der Waals surface area contributed by atoms with E-state index in [1.807, 2.05) is 6.92 Å². The Morgan fingerprint density at radius 3 is 2.59 bits per heavy atom. The Labute approximate surface area is 120 Å². The first-order chi connectivity index (χ1) is 10.5. The van der Waals surface area contributed by atoms with Gasteiger partial charge in [-0.05, 0) is 21.1 Å². The van der Waals surface area contributed by atoms with Crippen LogP contribution in [0.4, 0.5) is 11.8 Å². The normalized spacial score (nSPS) is 9.32. The first-order valence-corrected chi connectivity index (χ1v) is 5.65. The van der Waals surface area contributed by atoms with Gasteiger partial charge in [0, 0.05) is 15.5 Å². The van der Waals surface area contributed by atoms with Gasteiger partial charge in [0.05, 0.1) is 0 Å². The van der Waals surface area contributed by atoms with Crippen LogP contribution in [0, 0.1) is 20.2 Å². The molecule has 0 aliphatic rings. The predicted octanol–water partition coefficient (Wildman–Crippen LogP) is 0.925. The number of nitrogens with zero attached hydrogens (tertiary/aromatic N) is 10. The first kappa shape index (κ1) is 16.4. The van der Waals surface area contributed by atoms with Crippen molar-refractivity contribution in [2.45, 2.75) is 19.8 Å². The maximum Gasteiger partial charge on any atom is 0.490 e. The van der Waals surface area contributed by atoms with E-state index < -0.39 is 15.8 Å². The summed E-state index contributed by atoms with van der Waals surface area (Å²) in [7, 11) is 0. The van der Waals surface area contributed by atoms with Crippen molar-refractivity contribution in [1.29, 1.82) is 0 Å². The largest absolute Gasteiger partial charge is 0.490 e. The van der Waals surface area contributed by atoms with Crippen molar-refractivity contribution in [1.82, 2.24) is 30.3 Å². The molecule has 0 bridgehead atoms. The maximum absolute atomic E-state index is 10.6. The molecule has 2 aromatic rings. The van der Waals surface area contributed by atoms with Gasteiger partial charge in [-0.15, -0.1) is 10.6 Å². The lowest BCUT2D eigenvalue weighted by Gasteiger charge is -1.94. The van der Waals surface area contributed by atoms with Crippen LogP contribution in [0.1, 0.15) is 19.0 Å². The molecule has 0 aliphatic heterocycles. The minimum atomic E-state index is -0.670. The van der Waals surface area contributed by atoms with E-state index in [0.717, 1.165) is 6.33 Å². The minimum Gasteiger partial charge on any atom is -0.390 e. The van der Waals surface area contributed by atoms with Gasteiger partial charge in [-0.1, -0.05) is 18.3 Å². The summed E-state index contributed by atoms with van der Waals surface area (Å²) in [6.07, 6.45) is 2.28. The molecule has 15 nitrogen and oxygen atoms in total. The quantitative estimate of drug-likeness (QED) is 0.275. The van der Waals surface area contributed by atoms with Crippen LogP contribution in [0.25, 0.3) is 10.4 Å². The van der Waals surface area contributed by atoms with Crippen molar-refractivity contribution in [3.8, 4) is 0 Å². The van der Waals surface area contributed by atoms with Gasteiger partial charge in [-0.2, -0.15) is 10.0 Å². The smallest absolute Gasteiger partial charge is 0.390 e. The van der Waals surface area contributed by atoms with Crippen LogP contribution in [-0.4, -0.2) is 40.1 Å². The summed E-state index contributed by atoms with van der Waals surface area (Å²) in [5.41, 5.74) is 8.34. The summed E-state index contributed by atoms with van der Waals surface area (Å²) in [6, 6.07) is 0. The second kappa shape index (κ2) is 7.85. The molecule has 0 saturated carbocycles. The van der Waals surface area contributed by atoms with E-state index >= 15 is 0 Å². The Morgan fingerprint density at radius 2 is 2.18 bits per heavy atom. The van der Waals surface area contributed by atoms with Crippen molar-refractivity contribution in [3.63, 3.8) is 0 Å². The Bertz CT molecular complexity index is 685. The van der Waals surface area contributed by atoms with E-state index in [4.69, 9.17) is 5.53 Å². The zero-order valence-electron chi connectivity index (χ0n) is 11.1. The van der Waals surface area contributed by atoms with Crippen molar-refractivity contribution in [3.05, 3.63) is 42.7 Å². The number of azide groups is 1. The highest BCUT2D eigenvalue weighted by Gasteiger charge is 2.21. The van der Waals surface area contributed by atoms with Crippen molar-refractivity contribution < 1.29 is 9.85 Å². The number of nitrogens with one attached hydrogen (secondary N) is 1. The third-order valence-corrected chi connectivity index (χ3v) is 2.05. The molecule has 2 heterocycles. The molecule has 0 atom stereocenters. The molecule has 0 fully saturated rings. The van der Waals surface area contributed by atoms with Crippen molar-refractivity contribution in [2.75, 3.05) is 0 Å². The standard InChI is InChI=1S/C5H7N7O2.C2H2N4O2/c1-2-3-4-5(12(13)14)11(9-7-4)10-8-6;7-6(8)2-3-1-4-5-2/h2-3H2,1H3;1H,(H,3,4,5). The number of rotatable bonds is 5. The predicted molar refractivity (Wildman–Crippen MR) is 68.3 cm³/mol. The number of aryl methyl sites for hydroxylation is 1. The lowest BCUT2D eigenvalue weighted by molar-refractivity contribution is -0.394. The number of hydrogen-bond donors (Lipinski definition) is 1. The zero-order chi connectivity index (χ0) is 16.5.